The number of hydrogen-bond acceptors (Lipinski definition) is 4. The van der Waals surface area contributed by atoms with Crippen molar-refractivity contribution in [3.8, 4) is 6.07 Å². The SMILES string of the molecule is CCC(C#N)(CC)C(=O)NC(C)(CO)CO. The minimum atomic E-state index is -1.08. The summed E-state index contributed by atoms with van der Waals surface area (Å²) in [7, 11) is 0. The zero-order valence-electron chi connectivity index (χ0n) is 10.1. The molecule has 0 heterocycles. The summed E-state index contributed by atoms with van der Waals surface area (Å²) < 4.78 is 0. The molecule has 16 heavy (non-hydrogen) atoms. The highest BCUT2D eigenvalue weighted by molar-refractivity contribution is 5.85. The number of aliphatic hydroxyl groups excluding tert-OH is 2. The smallest absolute Gasteiger partial charge is 0.241 e. The number of rotatable bonds is 6. The van der Waals surface area contributed by atoms with E-state index in [0.717, 1.165) is 0 Å². The van der Waals surface area contributed by atoms with E-state index < -0.39 is 16.9 Å². The Labute approximate surface area is 96.1 Å². The number of aliphatic hydroxyl groups is 2. The molecule has 0 rings (SSSR count). The van der Waals surface area contributed by atoms with Gasteiger partial charge in [-0.25, -0.2) is 0 Å². The van der Waals surface area contributed by atoms with Crippen molar-refractivity contribution in [1.29, 1.82) is 5.26 Å². The maximum Gasteiger partial charge on any atom is 0.241 e. The van der Waals surface area contributed by atoms with E-state index in [1.165, 1.54) is 6.92 Å². The van der Waals surface area contributed by atoms with Crippen molar-refractivity contribution in [2.75, 3.05) is 13.2 Å². The Morgan fingerprint density at radius 2 is 1.75 bits per heavy atom. The molecule has 0 saturated heterocycles. The largest absolute Gasteiger partial charge is 0.394 e. The average molecular weight is 228 g/mol. The lowest BCUT2D eigenvalue weighted by atomic mass is 9.82. The lowest BCUT2D eigenvalue weighted by Gasteiger charge is -2.31. The van der Waals surface area contributed by atoms with Gasteiger partial charge in [-0.05, 0) is 19.8 Å². The first kappa shape index (κ1) is 14.9. The first-order chi connectivity index (χ1) is 7.43. The average Bonchev–Trinajstić information content (AvgIpc) is 2.32. The number of amides is 1. The standard InChI is InChI=1S/C11H20N2O3/c1-4-11(5-2,6-12)9(16)13-10(3,7-14)8-15/h14-15H,4-5,7-8H2,1-3H3,(H,13,16). The number of hydrogen-bond donors (Lipinski definition) is 3. The van der Waals surface area contributed by atoms with E-state index in [-0.39, 0.29) is 13.2 Å². The number of carbonyl (C=O) groups is 1. The van der Waals surface area contributed by atoms with Crippen molar-refractivity contribution in [1.82, 2.24) is 5.32 Å². The van der Waals surface area contributed by atoms with E-state index in [1.807, 2.05) is 6.07 Å². The van der Waals surface area contributed by atoms with Gasteiger partial charge in [0.25, 0.3) is 0 Å². The molecule has 0 aliphatic heterocycles. The number of nitrogens with one attached hydrogen (secondary N) is 1. The van der Waals surface area contributed by atoms with Crippen molar-refractivity contribution < 1.29 is 15.0 Å². The second-order valence-electron chi connectivity index (χ2n) is 4.23. The predicted molar refractivity (Wildman–Crippen MR) is 59.3 cm³/mol. The van der Waals surface area contributed by atoms with Crippen LogP contribution in [0.2, 0.25) is 0 Å². The Morgan fingerprint density at radius 3 is 2.00 bits per heavy atom. The van der Waals surface area contributed by atoms with Crippen LogP contribution in [0.1, 0.15) is 33.6 Å². The molecule has 0 aromatic carbocycles. The summed E-state index contributed by atoms with van der Waals surface area (Å²) in [5.74, 6) is -0.439. The first-order valence-electron chi connectivity index (χ1n) is 5.39. The third-order valence-corrected chi connectivity index (χ3v) is 2.97. The van der Waals surface area contributed by atoms with Gasteiger partial charge >= 0.3 is 0 Å². The highest BCUT2D eigenvalue weighted by atomic mass is 16.3. The van der Waals surface area contributed by atoms with E-state index in [1.54, 1.807) is 13.8 Å². The maximum atomic E-state index is 11.9. The molecule has 0 aliphatic carbocycles. The van der Waals surface area contributed by atoms with Crippen LogP contribution in [0.3, 0.4) is 0 Å². The van der Waals surface area contributed by atoms with Crippen LogP contribution in [-0.2, 0) is 4.79 Å². The summed E-state index contributed by atoms with van der Waals surface area (Å²) >= 11 is 0. The molecular formula is C11H20N2O3. The normalized spacial score (nSPS) is 12.0. The van der Waals surface area contributed by atoms with Gasteiger partial charge in [-0.1, -0.05) is 13.8 Å². The van der Waals surface area contributed by atoms with Crippen LogP contribution in [0, 0.1) is 16.7 Å². The Kier molecular flexibility index (Phi) is 5.42. The van der Waals surface area contributed by atoms with Gasteiger partial charge in [0.05, 0.1) is 24.8 Å². The number of carbonyl (C=O) groups excluding carboxylic acids is 1. The van der Waals surface area contributed by atoms with E-state index in [9.17, 15) is 4.79 Å². The zero-order valence-corrected chi connectivity index (χ0v) is 10.1. The van der Waals surface area contributed by atoms with Gasteiger partial charge in [0.15, 0.2) is 0 Å². The molecule has 0 atom stereocenters. The summed E-state index contributed by atoms with van der Waals surface area (Å²) in [6, 6.07) is 2.01. The minimum absolute atomic E-state index is 0.371. The quantitative estimate of drug-likeness (QED) is 0.604. The monoisotopic (exact) mass is 228 g/mol. The molecule has 92 valence electrons. The maximum absolute atomic E-state index is 11.9. The van der Waals surface area contributed by atoms with Gasteiger partial charge in [-0.3, -0.25) is 4.79 Å². The fourth-order valence-electron chi connectivity index (χ4n) is 1.30. The molecule has 0 saturated carbocycles. The van der Waals surface area contributed by atoms with Crippen LogP contribution >= 0.6 is 0 Å². The third-order valence-electron chi connectivity index (χ3n) is 2.97. The van der Waals surface area contributed by atoms with Crippen molar-refractivity contribution in [3.05, 3.63) is 0 Å². The van der Waals surface area contributed by atoms with E-state index in [4.69, 9.17) is 15.5 Å². The molecule has 0 aromatic heterocycles. The number of nitriles is 1. The van der Waals surface area contributed by atoms with Crippen molar-refractivity contribution in [2.24, 2.45) is 5.41 Å². The van der Waals surface area contributed by atoms with E-state index in [0.29, 0.717) is 12.8 Å². The molecular weight excluding hydrogens is 208 g/mol. The lowest BCUT2D eigenvalue weighted by Crippen LogP contribution is -2.55. The highest BCUT2D eigenvalue weighted by Crippen LogP contribution is 2.26. The fourth-order valence-corrected chi connectivity index (χ4v) is 1.30. The van der Waals surface area contributed by atoms with Gasteiger partial charge < -0.3 is 15.5 Å². The molecule has 0 bridgehead atoms. The van der Waals surface area contributed by atoms with Crippen LogP contribution in [0.5, 0.6) is 0 Å². The van der Waals surface area contributed by atoms with Crippen molar-refractivity contribution in [2.45, 2.75) is 39.2 Å². The predicted octanol–water partition coefficient (Wildman–Crippen LogP) is 0.176. The minimum Gasteiger partial charge on any atom is -0.394 e. The second kappa shape index (κ2) is 5.83. The fraction of sp³-hybridized carbons (Fsp3) is 0.818. The van der Waals surface area contributed by atoms with Gasteiger partial charge in [0.1, 0.15) is 5.41 Å². The molecule has 0 radical (unpaired) electrons. The van der Waals surface area contributed by atoms with Crippen LogP contribution in [0.25, 0.3) is 0 Å². The summed E-state index contributed by atoms with van der Waals surface area (Å²) in [5, 5.41) is 29.7. The van der Waals surface area contributed by atoms with Crippen LogP contribution in [-0.4, -0.2) is 34.9 Å². The summed E-state index contributed by atoms with van der Waals surface area (Å²) in [5.41, 5.74) is -2.16. The van der Waals surface area contributed by atoms with Crippen LogP contribution in [0.4, 0.5) is 0 Å². The van der Waals surface area contributed by atoms with Crippen molar-refractivity contribution in [3.63, 3.8) is 0 Å². The summed E-state index contributed by atoms with van der Waals surface area (Å²) in [6.07, 6.45) is 0.803. The molecule has 0 aromatic rings. The molecule has 1 amide bonds. The first-order valence-corrected chi connectivity index (χ1v) is 5.39. The van der Waals surface area contributed by atoms with Gasteiger partial charge in [0, 0.05) is 0 Å². The number of nitrogens with zero attached hydrogens (tertiary/aromatic N) is 1. The Balaban J connectivity index is 4.87. The van der Waals surface area contributed by atoms with Crippen LogP contribution in [0.15, 0.2) is 0 Å². The highest BCUT2D eigenvalue weighted by Gasteiger charge is 2.38. The van der Waals surface area contributed by atoms with Gasteiger partial charge in [-0.15, -0.1) is 0 Å². The molecule has 5 heteroatoms. The molecule has 0 unspecified atom stereocenters. The van der Waals surface area contributed by atoms with E-state index in [2.05, 4.69) is 5.32 Å². The summed E-state index contributed by atoms with van der Waals surface area (Å²) in [6.45, 7) is 4.32. The zero-order chi connectivity index (χ0) is 12.8. The Bertz CT molecular complexity index is 275. The Morgan fingerprint density at radius 1 is 1.31 bits per heavy atom. The van der Waals surface area contributed by atoms with Crippen LogP contribution < -0.4 is 5.32 Å². The topological polar surface area (TPSA) is 93.4 Å². The molecule has 0 aliphatic rings. The molecule has 0 fully saturated rings. The Hall–Kier alpha value is -1.12. The molecule has 0 spiro atoms. The second-order valence-corrected chi connectivity index (χ2v) is 4.23. The molecule has 3 N–H and O–H groups in total. The summed E-state index contributed by atoms with van der Waals surface area (Å²) in [4.78, 5) is 11.9. The van der Waals surface area contributed by atoms with E-state index >= 15 is 0 Å². The lowest BCUT2D eigenvalue weighted by molar-refractivity contribution is -0.131. The molecule has 5 nitrogen and oxygen atoms in total. The van der Waals surface area contributed by atoms with Gasteiger partial charge in [-0.2, -0.15) is 5.26 Å². The third kappa shape index (κ3) is 2.94. The van der Waals surface area contributed by atoms with Crippen molar-refractivity contribution >= 4 is 5.91 Å². The van der Waals surface area contributed by atoms with Gasteiger partial charge in [0.2, 0.25) is 5.91 Å².